The molecule has 0 saturated carbocycles. The van der Waals surface area contributed by atoms with Crippen molar-refractivity contribution in [1.29, 1.82) is 0 Å². The minimum atomic E-state index is 0.693. The molecule has 0 spiro atoms. The summed E-state index contributed by atoms with van der Waals surface area (Å²) in [7, 11) is 0. The fourth-order valence-corrected chi connectivity index (χ4v) is 4.17. The number of hydrogen-bond donors (Lipinski definition) is 2. The molecule has 0 unspecified atom stereocenters. The molecule has 5 aromatic rings. The van der Waals surface area contributed by atoms with E-state index in [0.717, 1.165) is 57.8 Å². The van der Waals surface area contributed by atoms with Crippen molar-refractivity contribution in [3.63, 3.8) is 0 Å². The highest BCUT2D eigenvalue weighted by atomic mass is 15.2. The van der Waals surface area contributed by atoms with Crippen LogP contribution in [0, 0.1) is 0 Å². The van der Waals surface area contributed by atoms with Gasteiger partial charge in [-0.15, -0.1) is 0 Å². The fourth-order valence-electron chi connectivity index (χ4n) is 4.17. The number of piperidine rings is 1. The Labute approximate surface area is 172 Å². The summed E-state index contributed by atoms with van der Waals surface area (Å²) in [6.45, 7) is 2.12. The third-order valence-electron chi connectivity index (χ3n) is 5.70. The van der Waals surface area contributed by atoms with Crippen LogP contribution in [-0.2, 0) is 0 Å². The lowest BCUT2D eigenvalue weighted by Gasteiger charge is -2.28. The van der Waals surface area contributed by atoms with Gasteiger partial charge >= 0.3 is 0 Å². The summed E-state index contributed by atoms with van der Waals surface area (Å²) in [6.07, 6.45) is 11.0. The number of rotatable bonds is 3. The Bertz CT molecular complexity index is 1330. The zero-order chi connectivity index (χ0) is 19.9. The van der Waals surface area contributed by atoms with E-state index < -0.39 is 0 Å². The predicted molar refractivity (Wildman–Crippen MR) is 116 cm³/mol. The zero-order valence-corrected chi connectivity index (χ0v) is 16.3. The van der Waals surface area contributed by atoms with Crippen LogP contribution in [0.1, 0.15) is 19.3 Å². The molecule has 30 heavy (non-hydrogen) atoms. The number of aromatic nitrogens is 7. The van der Waals surface area contributed by atoms with Gasteiger partial charge in [0.2, 0.25) is 0 Å². The van der Waals surface area contributed by atoms with E-state index in [0.29, 0.717) is 5.82 Å². The number of anilines is 1. The molecular formula is C22H20N8. The third kappa shape index (κ3) is 2.80. The van der Waals surface area contributed by atoms with Gasteiger partial charge in [-0.2, -0.15) is 5.10 Å². The number of hydrogen-bond acceptors (Lipinski definition) is 6. The Morgan fingerprint density at radius 3 is 2.70 bits per heavy atom. The monoisotopic (exact) mass is 396 g/mol. The van der Waals surface area contributed by atoms with Crippen LogP contribution in [0.25, 0.3) is 44.8 Å². The maximum absolute atomic E-state index is 4.90. The van der Waals surface area contributed by atoms with Crippen LogP contribution in [0.4, 0.5) is 5.69 Å². The van der Waals surface area contributed by atoms with Gasteiger partial charge in [-0.1, -0.05) is 6.07 Å². The van der Waals surface area contributed by atoms with E-state index >= 15 is 0 Å². The fraction of sp³-hybridized carbons (Fsp3) is 0.227. The molecule has 6 heterocycles. The molecular weight excluding hydrogens is 376 g/mol. The van der Waals surface area contributed by atoms with Crippen LogP contribution in [0.5, 0.6) is 0 Å². The van der Waals surface area contributed by atoms with Crippen molar-refractivity contribution in [2.45, 2.75) is 19.3 Å². The van der Waals surface area contributed by atoms with Gasteiger partial charge in [0.25, 0.3) is 0 Å². The molecule has 0 radical (unpaired) electrons. The Kier molecular flexibility index (Phi) is 3.93. The van der Waals surface area contributed by atoms with E-state index in [1.807, 2.05) is 30.7 Å². The molecule has 8 heteroatoms. The molecule has 1 aliphatic rings. The molecule has 0 amide bonds. The summed E-state index contributed by atoms with van der Waals surface area (Å²) >= 11 is 0. The molecule has 1 aliphatic heterocycles. The second kappa shape index (κ2) is 6.91. The molecule has 2 N–H and O–H groups in total. The van der Waals surface area contributed by atoms with Crippen molar-refractivity contribution in [2.75, 3.05) is 18.0 Å². The number of nitrogens with one attached hydrogen (secondary N) is 2. The summed E-state index contributed by atoms with van der Waals surface area (Å²) in [4.78, 5) is 23.9. The zero-order valence-electron chi connectivity index (χ0n) is 16.3. The largest absolute Gasteiger partial charge is 0.370 e. The average Bonchev–Trinajstić information content (AvgIpc) is 3.43. The second-order valence-corrected chi connectivity index (χ2v) is 7.59. The van der Waals surface area contributed by atoms with Crippen molar-refractivity contribution in [3.05, 3.63) is 49.1 Å². The van der Waals surface area contributed by atoms with Crippen molar-refractivity contribution >= 4 is 27.9 Å². The highest BCUT2D eigenvalue weighted by molar-refractivity contribution is 5.95. The summed E-state index contributed by atoms with van der Waals surface area (Å²) in [5.41, 5.74) is 6.27. The lowest BCUT2D eigenvalue weighted by Crippen LogP contribution is -2.29. The molecule has 8 nitrogen and oxygen atoms in total. The smallest absolute Gasteiger partial charge is 0.161 e. The third-order valence-corrected chi connectivity index (χ3v) is 5.70. The number of H-pyrrole nitrogens is 2. The minimum Gasteiger partial charge on any atom is -0.370 e. The lowest BCUT2D eigenvalue weighted by atomic mass is 10.1. The first-order valence-corrected chi connectivity index (χ1v) is 10.2. The minimum absolute atomic E-state index is 0.693. The highest BCUT2D eigenvalue weighted by Crippen LogP contribution is 2.31. The van der Waals surface area contributed by atoms with Crippen LogP contribution in [0.2, 0.25) is 0 Å². The quantitative estimate of drug-likeness (QED) is 0.479. The Morgan fingerprint density at radius 1 is 0.900 bits per heavy atom. The van der Waals surface area contributed by atoms with E-state index in [2.05, 4.69) is 47.2 Å². The second-order valence-electron chi connectivity index (χ2n) is 7.59. The van der Waals surface area contributed by atoms with Gasteiger partial charge in [-0.3, -0.25) is 10.1 Å². The first kappa shape index (κ1) is 17.1. The van der Waals surface area contributed by atoms with Crippen LogP contribution in [-0.4, -0.2) is 48.2 Å². The topological polar surface area (TPSA) is 99.3 Å². The SMILES string of the molecule is c1cncc(-c2cnc3[nH]nc(-c4nc5c(N6CCCCC6)ccnc5[nH]4)c3c2)c1. The predicted octanol–water partition coefficient (Wildman–Crippen LogP) is 3.95. The van der Waals surface area contributed by atoms with Crippen molar-refractivity contribution < 1.29 is 0 Å². The molecule has 0 bridgehead atoms. The maximum atomic E-state index is 4.90. The molecule has 0 atom stereocenters. The van der Waals surface area contributed by atoms with Gasteiger partial charge in [0.1, 0.15) is 11.2 Å². The Morgan fingerprint density at radius 2 is 1.83 bits per heavy atom. The van der Waals surface area contributed by atoms with E-state index in [-0.39, 0.29) is 0 Å². The molecule has 1 saturated heterocycles. The van der Waals surface area contributed by atoms with Gasteiger partial charge in [-0.25, -0.2) is 15.0 Å². The van der Waals surface area contributed by atoms with E-state index in [4.69, 9.17) is 4.98 Å². The standard InChI is InChI=1S/C22H20N8/c1-2-9-30(10-3-1)17-6-8-24-21-19(17)26-22(27-21)18-16-11-15(13-25-20(16)29-28-18)14-5-4-7-23-12-14/h4-8,11-13H,1-3,9-10H2,(H,24,26,27)(H,25,28,29). The van der Waals surface area contributed by atoms with Crippen LogP contribution in [0.15, 0.2) is 49.1 Å². The van der Waals surface area contributed by atoms with Gasteiger partial charge in [0.15, 0.2) is 17.1 Å². The molecule has 1 fully saturated rings. The Balaban J connectivity index is 1.47. The lowest BCUT2D eigenvalue weighted by molar-refractivity contribution is 0.578. The molecule has 148 valence electrons. The van der Waals surface area contributed by atoms with Crippen molar-refractivity contribution in [2.24, 2.45) is 0 Å². The van der Waals surface area contributed by atoms with Crippen LogP contribution in [0.3, 0.4) is 0 Å². The first-order chi connectivity index (χ1) is 14.9. The van der Waals surface area contributed by atoms with E-state index in [1.165, 1.54) is 19.3 Å². The summed E-state index contributed by atoms with van der Waals surface area (Å²) in [5.74, 6) is 0.693. The Hall–Kier alpha value is -3.81. The summed E-state index contributed by atoms with van der Waals surface area (Å²) in [6, 6.07) is 8.07. The van der Waals surface area contributed by atoms with Gasteiger partial charge in [-0.05, 0) is 37.5 Å². The number of aromatic amines is 2. The van der Waals surface area contributed by atoms with Gasteiger partial charge < -0.3 is 9.88 Å². The average molecular weight is 396 g/mol. The van der Waals surface area contributed by atoms with Gasteiger partial charge in [0, 0.05) is 49.0 Å². The molecule has 0 aliphatic carbocycles. The molecule has 5 aromatic heterocycles. The van der Waals surface area contributed by atoms with Crippen LogP contribution < -0.4 is 4.90 Å². The molecule has 6 rings (SSSR count). The van der Waals surface area contributed by atoms with Crippen molar-refractivity contribution in [3.8, 4) is 22.6 Å². The van der Waals surface area contributed by atoms with E-state index in [1.54, 1.807) is 6.20 Å². The highest BCUT2D eigenvalue weighted by Gasteiger charge is 2.19. The van der Waals surface area contributed by atoms with Crippen molar-refractivity contribution in [1.82, 2.24) is 35.1 Å². The number of imidazole rings is 1. The van der Waals surface area contributed by atoms with Crippen LogP contribution >= 0.6 is 0 Å². The number of pyridine rings is 3. The first-order valence-electron chi connectivity index (χ1n) is 10.2. The molecule has 0 aromatic carbocycles. The number of nitrogens with zero attached hydrogens (tertiary/aromatic N) is 6. The maximum Gasteiger partial charge on any atom is 0.161 e. The normalized spacial score (nSPS) is 14.6. The summed E-state index contributed by atoms with van der Waals surface area (Å²) in [5, 5.41) is 8.43. The summed E-state index contributed by atoms with van der Waals surface area (Å²) < 4.78 is 0. The van der Waals surface area contributed by atoms with E-state index in [9.17, 15) is 0 Å². The van der Waals surface area contributed by atoms with Gasteiger partial charge in [0.05, 0.1) is 11.1 Å². The number of fused-ring (bicyclic) bond motifs is 2.